The van der Waals surface area contributed by atoms with Crippen LogP contribution >= 0.6 is 67.5 Å². The minimum absolute atomic E-state index is 0. The van der Waals surface area contributed by atoms with Crippen molar-refractivity contribution in [1.29, 1.82) is 0 Å². The molecule has 0 bridgehead atoms. The second-order valence-corrected chi connectivity index (χ2v) is 10.7. The summed E-state index contributed by atoms with van der Waals surface area (Å²) >= 11 is 0. The summed E-state index contributed by atoms with van der Waals surface area (Å²) in [5, 5.41) is 0. The number of hydrogen-bond donors (Lipinski definition) is 0. The van der Waals surface area contributed by atoms with E-state index in [4.69, 9.17) is 9.47 Å². The Morgan fingerprint density at radius 1 is 1.03 bits per heavy atom. The topological polar surface area (TPSA) is 55.9 Å². The molecule has 4 nitrogen and oxygen atoms in total. The van der Waals surface area contributed by atoms with Gasteiger partial charge in [0.1, 0.15) is 11.2 Å². The first kappa shape index (κ1) is 28.6. The predicted octanol–water partition coefficient (Wildman–Crippen LogP) is 3.92. The third kappa shape index (κ3) is 2.87. The molecule has 2 heterocycles. The number of carbonyl (C=O) groups excluding carboxylic acids is 2. The van der Waals surface area contributed by atoms with Crippen molar-refractivity contribution in [3.05, 3.63) is 23.8 Å². The number of epoxide rings is 1. The number of esters is 1. The summed E-state index contributed by atoms with van der Waals surface area (Å²) in [6.07, 6.45) is 11.9. The van der Waals surface area contributed by atoms with E-state index in [2.05, 4.69) is 19.9 Å². The van der Waals surface area contributed by atoms with Crippen molar-refractivity contribution < 1.29 is 19.1 Å². The van der Waals surface area contributed by atoms with E-state index in [9.17, 15) is 9.59 Å². The molecule has 2 unspecified atom stereocenters. The van der Waals surface area contributed by atoms with Gasteiger partial charge in [0.05, 0.1) is 6.10 Å². The van der Waals surface area contributed by atoms with Crippen LogP contribution < -0.4 is 0 Å². The lowest BCUT2D eigenvalue weighted by Gasteiger charge is -2.55. The van der Waals surface area contributed by atoms with Crippen molar-refractivity contribution in [1.82, 2.24) is 0 Å². The zero-order valence-corrected chi connectivity index (χ0v) is 23.5. The number of fused-ring (bicyclic) bond motifs is 7. The molecular formula is C23H36O4S5. The van der Waals surface area contributed by atoms with Crippen LogP contribution in [0, 0.1) is 34.5 Å². The minimum Gasteiger partial charge on any atom is -0.458 e. The molecule has 0 aromatic rings. The van der Waals surface area contributed by atoms with Gasteiger partial charge in [-0.1, -0.05) is 18.6 Å². The molecule has 0 N–H and O–H groups in total. The van der Waals surface area contributed by atoms with Gasteiger partial charge in [0.25, 0.3) is 0 Å². The molecule has 0 aromatic heterocycles. The molecule has 4 saturated carbocycles. The Morgan fingerprint density at radius 2 is 1.75 bits per heavy atom. The first-order valence-corrected chi connectivity index (χ1v) is 10.7. The van der Waals surface area contributed by atoms with Crippen LogP contribution in [0.2, 0.25) is 0 Å². The summed E-state index contributed by atoms with van der Waals surface area (Å²) in [5.41, 5.74) is 0.839. The van der Waals surface area contributed by atoms with Gasteiger partial charge in [-0.15, -0.1) is 0 Å². The number of hydrogen-bond acceptors (Lipinski definition) is 4. The molecule has 7 rings (SSSR count). The van der Waals surface area contributed by atoms with Crippen LogP contribution in [0.25, 0.3) is 0 Å². The van der Waals surface area contributed by atoms with Gasteiger partial charge in [0.15, 0.2) is 5.78 Å². The van der Waals surface area contributed by atoms with Crippen LogP contribution in [-0.2, 0) is 19.1 Å². The quantitative estimate of drug-likeness (QED) is 0.348. The Labute approximate surface area is 225 Å². The van der Waals surface area contributed by atoms with E-state index in [-0.39, 0.29) is 107 Å². The molecule has 7 aliphatic rings. The Hall–Kier alpha value is 0.330. The second kappa shape index (κ2) is 8.19. The van der Waals surface area contributed by atoms with E-state index in [0.29, 0.717) is 30.1 Å². The largest absolute Gasteiger partial charge is 0.458 e. The normalized spacial score (nSPS) is 51.8. The second-order valence-electron chi connectivity index (χ2n) is 10.7. The van der Waals surface area contributed by atoms with E-state index in [1.807, 2.05) is 6.08 Å². The molecule has 6 fully saturated rings. The smallest absolute Gasteiger partial charge is 0.306 e. The summed E-state index contributed by atoms with van der Waals surface area (Å²) < 4.78 is 12.7. The van der Waals surface area contributed by atoms with Gasteiger partial charge in [-0.25, -0.2) is 0 Å². The maximum Gasteiger partial charge on any atom is 0.306 e. The van der Waals surface area contributed by atoms with Crippen molar-refractivity contribution in [2.45, 2.75) is 69.7 Å². The SMILES string of the molecule is C[C@]12C=CC(=O)C=C1[C@@H]1C[C@@H]1[C@H]1[C@@H]3CC[C@@]4(CCC(=O)O4)[C@@]3(C)CC3OC312.S.S.S.S.S. The van der Waals surface area contributed by atoms with Gasteiger partial charge in [0.2, 0.25) is 0 Å². The Morgan fingerprint density at radius 3 is 2.41 bits per heavy atom. The van der Waals surface area contributed by atoms with E-state index in [1.54, 1.807) is 6.08 Å². The number of ketones is 1. The van der Waals surface area contributed by atoms with Crippen LogP contribution in [0.1, 0.15) is 52.4 Å². The van der Waals surface area contributed by atoms with Gasteiger partial charge in [0, 0.05) is 17.3 Å². The molecule has 5 aliphatic carbocycles. The zero-order valence-electron chi connectivity index (χ0n) is 18.5. The third-order valence-electron chi connectivity index (χ3n) is 10.0. The van der Waals surface area contributed by atoms with Gasteiger partial charge < -0.3 is 9.47 Å². The number of allylic oxidation sites excluding steroid dienone is 2. The highest BCUT2D eigenvalue weighted by Gasteiger charge is 2.85. The van der Waals surface area contributed by atoms with Gasteiger partial charge >= 0.3 is 5.97 Å². The fraction of sp³-hybridized carbons (Fsp3) is 0.739. The fourth-order valence-electron chi connectivity index (χ4n) is 8.75. The number of carbonyl (C=O) groups is 2. The van der Waals surface area contributed by atoms with E-state index < -0.39 is 0 Å². The van der Waals surface area contributed by atoms with E-state index >= 15 is 0 Å². The highest BCUT2D eigenvalue weighted by molar-refractivity contribution is 7.60. The van der Waals surface area contributed by atoms with Gasteiger partial charge in [-0.2, -0.15) is 67.5 Å². The Balaban J connectivity index is 0.000000726. The van der Waals surface area contributed by atoms with Crippen LogP contribution in [0.3, 0.4) is 0 Å². The molecular weight excluding hydrogens is 501 g/mol. The minimum atomic E-state index is -0.257. The Bertz CT molecular complexity index is 907. The molecule has 2 aliphatic heterocycles. The van der Waals surface area contributed by atoms with Crippen molar-refractivity contribution in [2.75, 3.05) is 0 Å². The van der Waals surface area contributed by atoms with Gasteiger partial charge in [-0.3, -0.25) is 9.59 Å². The zero-order chi connectivity index (χ0) is 18.4. The standard InChI is InChI=1S/C23H26O4.5H2S/c1-20-6-3-12(24)9-16(20)13-10-14(13)19-15-4-7-22(8-5-18(25)27-22)21(15,2)11-17-23(19,20)26-17;;;;;/h3,6,9,13-15,17,19H,4-5,7-8,10-11H2,1-2H3;5*1H2/t13-,14+,15+,17?,19+,20+,21+,22-,23?;;;;;/m1...../s1. The first-order valence-electron chi connectivity index (χ1n) is 10.7. The van der Waals surface area contributed by atoms with E-state index in [1.165, 1.54) is 12.0 Å². The molecule has 32 heavy (non-hydrogen) atoms. The summed E-state index contributed by atoms with van der Waals surface area (Å²) in [4.78, 5) is 24.1. The maximum absolute atomic E-state index is 12.1. The highest BCUT2D eigenvalue weighted by Crippen LogP contribution is 2.82. The molecule has 0 radical (unpaired) electrons. The average molecular weight is 537 g/mol. The van der Waals surface area contributed by atoms with E-state index in [0.717, 1.165) is 25.7 Å². The third-order valence-corrected chi connectivity index (χ3v) is 10.0. The lowest BCUT2D eigenvalue weighted by molar-refractivity contribution is -0.164. The predicted molar refractivity (Wildman–Crippen MR) is 148 cm³/mol. The molecule has 182 valence electrons. The van der Waals surface area contributed by atoms with Gasteiger partial charge in [-0.05, 0) is 74.9 Å². The lowest BCUT2D eigenvalue weighted by Crippen LogP contribution is -2.60. The van der Waals surface area contributed by atoms with Crippen LogP contribution in [0.5, 0.6) is 0 Å². The monoisotopic (exact) mass is 536 g/mol. The summed E-state index contributed by atoms with van der Waals surface area (Å²) in [6.45, 7) is 4.70. The van der Waals surface area contributed by atoms with Crippen LogP contribution in [0.4, 0.5) is 0 Å². The summed E-state index contributed by atoms with van der Waals surface area (Å²) in [7, 11) is 0. The number of rotatable bonds is 0. The molecule has 0 aromatic carbocycles. The highest BCUT2D eigenvalue weighted by atomic mass is 32.1. The molecule has 2 spiro atoms. The Kier molecular flexibility index (Phi) is 7.31. The average Bonchev–Trinajstić information content (AvgIpc) is 3.49. The number of ether oxygens (including phenoxy) is 2. The molecule has 9 heteroatoms. The first-order chi connectivity index (χ1) is 12.8. The van der Waals surface area contributed by atoms with Crippen molar-refractivity contribution in [3.63, 3.8) is 0 Å². The molecule has 0 amide bonds. The maximum atomic E-state index is 12.1. The molecule has 9 atom stereocenters. The van der Waals surface area contributed by atoms with Crippen molar-refractivity contribution in [2.24, 2.45) is 34.5 Å². The van der Waals surface area contributed by atoms with Crippen molar-refractivity contribution >= 4 is 79.2 Å². The lowest BCUT2D eigenvalue weighted by atomic mass is 9.47. The van der Waals surface area contributed by atoms with Crippen molar-refractivity contribution in [3.8, 4) is 0 Å². The van der Waals surface area contributed by atoms with Crippen LogP contribution in [-0.4, -0.2) is 29.1 Å². The summed E-state index contributed by atoms with van der Waals surface area (Å²) in [6, 6.07) is 0. The molecule has 2 saturated heterocycles. The fourth-order valence-corrected chi connectivity index (χ4v) is 8.75. The summed E-state index contributed by atoms with van der Waals surface area (Å²) in [5.74, 6) is 2.41. The van der Waals surface area contributed by atoms with Crippen LogP contribution in [0.15, 0.2) is 23.8 Å².